The van der Waals surface area contributed by atoms with E-state index >= 15 is 0 Å². The van der Waals surface area contributed by atoms with Crippen LogP contribution in [0.5, 0.6) is 0 Å². The first kappa shape index (κ1) is 42.7. The summed E-state index contributed by atoms with van der Waals surface area (Å²) in [6, 6.07) is 0. The summed E-state index contributed by atoms with van der Waals surface area (Å²) in [7, 11) is 0. The lowest BCUT2D eigenvalue weighted by Gasteiger charge is -2.07. The Hall–Kier alpha value is -0.860. The maximum Gasteiger partial charge on any atom is 0.0612 e. The van der Waals surface area contributed by atoms with E-state index in [2.05, 4.69) is 6.58 Å². The van der Waals surface area contributed by atoms with Crippen LogP contribution in [0.1, 0.15) is 63.8 Å². The third-order valence-corrected chi connectivity index (χ3v) is 2.02. The van der Waals surface area contributed by atoms with Crippen molar-refractivity contribution >= 4 is 0 Å². The van der Waals surface area contributed by atoms with Crippen molar-refractivity contribution in [3.8, 4) is 0 Å². The Morgan fingerprint density at radius 1 is 0.750 bits per heavy atom. The fourth-order valence-corrected chi connectivity index (χ4v) is 1.18. The molecule has 0 saturated carbocycles. The summed E-state index contributed by atoms with van der Waals surface area (Å²) in [4.78, 5) is 0. The maximum absolute atomic E-state index is 8.55. The first-order valence-corrected chi connectivity index (χ1v) is 4.99. The first-order valence-electron chi connectivity index (χ1n) is 4.99. The van der Waals surface area contributed by atoms with Gasteiger partial charge in [-0.2, -0.15) is 0 Å². The van der Waals surface area contributed by atoms with Gasteiger partial charge in [-0.15, -0.1) is 6.58 Å². The second-order valence-electron chi connectivity index (χ2n) is 3.12. The number of aliphatic hydroxyl groups is 2. The van der Waals surface area contributed by atoms with Crippen molar-refractivity contribution < 1.29 is 10.2 Å². The van der Waals surface area contributed by atoms with E-state index in [1.165, 1.54) is 0 Å². The van der Waals surface area contributed by atoms with Gasteiger partial charge in [0.05, 0.1) is 13.2 Å². The molecule has 0 aliphatic rings. The molecule has 0 aromatic rings. The highest BCUT2D eigenvalue weighted by Gasteiger charge is 1.99. The molecular weight excluding hydrogens is 248 g/mol. The highest BCUT2D eigenvalue weighted by molar-refractivity contribution is 4.91. The molecule has 0 aliphatic carbocycles. The molecule has 0 heterocycles. The average Bonchev–Trinajstić information content (AvgIpc) is 2.22. The van der Waals surface area contributed by atoms with E-state index < -0.39 is 0 Å². The summed E-state index contributed by atoms with van der Waals surface area (Å²) >= 11 is 0. The molecule has 0 fully saturated rings. The molecule has 0 rings (SSSR count). The largest absolute Gasteiger partial charge is 0.392 e. The van der Waals surface area contributed by atoms with E-state index in [0.717, 1.165) is 19.3 Å². The van der Waals surface area contributed by atoms with E-state index in [-0.39, 0.29) is 57.8 Å². The Labute approximate surface area is 130 Å². The molecule has 2 nitrogen and oxygen atoms in total. The quantitative estimate of drug-likeness (QED) is 0.549. The molecule has 2 heteroatoms. The summed E-state index contributed by atoms with van der Waals surface area (Å²) in [6.07, 6.45) is 12.3. The Morgan fingerprint density at radius 3 is 1.60 bits per heavy atom. The number of aliphatic hydroxyl groups excluding tert-OH is 2. The third kappa shape index (κ3) is 30.3. The molecule has 2 N–H and O–H groups in total. The molecule has 0 amide bonds. The third-order valence-electron chi connectivity index (χ3n) is 2.02. The highest BCUT2D eigenvalue weighted by atomic mass is 16.3. The Balaban J connectivity index is -0.0000000563. The van der Waals surface area contributed by atoms with Gasteiger partial charge in [-0.3, -0.25) is 0 Å². The molecule has 1 atom stereocenters. The lowest BCUT2D eigenvalue weighted by Crippen LogP contribution is -1.93. The minimum atomic E-state index is 0. The van der Waals surface area contributed by atoms with Crippen LogP contribution in [0.2, 0.25) is 0 Å². The first-order chi connectivity index (χ1) is 6.85. The van der Waals surface area contributed by atoms with Crippen LogP contribution in [0.25, 0.3) is 0 Å². The zero-order chi connectivity index (χ0) is 10.6. The second-order valence-corrected chi connectivity index (χ2v) is 3.12. The van der Waals surface area contributed by atoms with Crippen LogP contribution in [0.4, 0.5) is 0 Å². The Bertz CT molecular complexity index is 184. The average molecular weight is 293 g/mol. The number of allylic oxidation sites excluding steroid dienone is 3. The molecule has 0 saturated heterocycles. The molecule has 20 heavy (non-hydrogen) atoms. The minimum Gasteiger partial charge on any atom is -0.392 e. The lowest BCUT2D eigenvalue weighted by molar-refractivity contribution is 0.341. The predicted octanol–water partition coefficient (Wildman–Crippen LogP) is 5.87. The van der Waals surface area contributed by atoms with Crippen LogP contribution in [0.15, 0.2) is 37.0 Å². The van der Waals surface area contributed by atoms with Crippen LogP contribution < -0.4 is 0 Å². The number of hydrogen-bond acceptors (Lipinski definition) is 2. The number of rotatable bonds is 8. The van der Waals surface area contributed by atoms with E-state index in [9.17, 15) is 0 Å². The van der Waals surface area contributed by atoms with Crippen LogP contribution >= 0.6 is 0 Å². The highest BCUT2D eigenvalue weighted by Crippen LogP contribution is 2.13. The SMILES string of the molecule is C.C.C.C.C.C.C=CC(C/C=C/CO)CC/C=C\CO. The zero-order valence-electron chi connectivity index (χ0n) is 8.60. The van der Waals surface area contributed by atoms with Gasteiger partial charge in [0.2, 0.25) is 0 Å². The Morgan fingerprint density at radius 2 is 1.20 bits per heavy atom. The fraction of sp³-hybridized carbons (Fsp3) is 0.667. The summed E-state index contributed by atoms with van der Waals surface area (Å²) < 4.78 is 0. The van der Waals surface area contributed by atoms with Crippen LogP contribution in [-0.2, 0) is 0 Å². The monoisotopic (exact) mass is 292 g/mol. The van der Waals surface area contributed by atoms with Crippen LogP contribution in [-0.4, -0.2) is 23.4 Å². The van der Waals surface area contributed by atoms with E-state index in [1.54, 1.807) is 12.2 Å². The summed E-state index contributed by atoms with van der Waals surface area (Å²) in [6.45, 7) is 3.99. The van der Waals surface area contributed by atoms with Crippen molar-refractivity contribution in [1.29, 1.82) is 0 Å². The van der Waals surface area contributed by atoms with Crippen LogP contribution in [0.3, 0.4) is 0 Å². The van der Waals surface area contributed by atoms with Crippen molar-refractivity contribution in [2.45, 2.75) is 63.8 Å². The van der Waals surface area contributed by atoms with Gasteiger partial charge in [-0.25, -0.2) is 0 Å². The molecule has 128 valence electrons. The smallest absolute Gasteiger partial charge is 0.0612 e. The molecular formula is C18H44O2. The minimum absolute atomic E-state index is 0. The normalized spacial score (nSPS) is 9.70. The van der Waals surface area contributed by atoms with Crippen molar-refractivity contribution in [3.05, 3.63) is 37.0 Å². The van der Waals surface area contributed by atoms with Gasteiger partial charge in [0.1, 0.15) is 0 Å². The van der Waals surface area contributed by atoms with E-state index in [1.807, 2.05) is 18.2 Å². The van der Waals surface area contributed by atoms with E-state index in [4.69, 9.17) is 10.2 Å². The van der Waals surface area contributed by atoms with Gasteiger partial charge in [-0.1, -0.05) is 74.9 Å². The van der Waals surface area contributed by atoms with Gasteiger partial charge in [0, 0.05) is 0 Å². The second kappa shape index (κ2) is 36.2. The molecule has 0 aromatic carbocycles. The van der Waals surface area contributed by atoms with Crippen molar-refractivity contribution in [2.24, 2.45) is 5.92 Å². The van der Waals surface area contributed by atoms with Gasteiger partial charge < -0.3 is 10.2 Å². The predicted molar refractivity (Wildman–Crippen MR) is 100 cm³/mol. The van der Waals surface area contributed by atoms with Crippen molar-refractivity contribution in [3.63, 3.8) is 0 Å². The number of hydrogen-bond donors (Lipinski definition) is 2. The van der Waals surface area contributed by atoms with Crippen molar-refractivity contribution in [2.75, 3.05) is 13.2 Å². The summed E-state index contributed by atoms with van der Waals surface area (Å²) in [5.74, 6) is 0.459. The summed E-state index contributed by atoms with van der Waals surface area (Å²) in [5, 5.41) is 17.1. The fourth-order valence-electron chi connectivity index (χ4n) is 1.18. The van der Waals surface area contributed by atoms with E-state index in [0.29, 0.717) is 5.92 Å². The molecule has 0 radical (unpaired) electrons. The molecule has 0 aliphatic heterocycles. The zero-order valence-corrected chi connectivity index (χ0v) is 8.60. The van der Waals surface area contributed by atoms with Gasteiger partial charge in [-0.05, 0) is 25.2 Å². The van der Waals surface area contributed by atoms with Crippen molar-refractivity contribution in [1.82, 2.24) is 0 Å². The molecule has 1 unspecified atom stereocenters. The summed E-state index contributed by atoms with van der Waals surface area (Å²) in [5.41, 5.74) is 0. The van der Waals surface area contributed by atoms with Crippen LogP contribution in [0, 0.1) is 5.92 Å². The van der Waals surface area contributed by atoms with Gasteiger partial charge in [0.15, 0.2) is 0 Å². The molecule has 0 bridgehead atoms. The topological polar surface area (TPSA) is 40.5 Å². The Kier molecular flexibility index (Phi) is 77.3. The van der Waals surface area contributed by atoms with Gasteiger partial charge >= 0.3 is 0 Å². The standard InChI is InChI=1S/C12H20O2.6CH4/c1-2-12(9-5-7-11-14)8-4-3-6-10-13;;;;;;/h2-3,5-7,12-14H,1,4,8-11H2;6*1H4/b6-3-,7-5+;;;;;;. The maximum atomic E-state index is 8.55. The lowest BCUT2D eigenvalue weighted by atomic mass is 9.99. The molecule has 0 aromatic heterocycles. The molecule has 0 spiro atoms. The van der Waals surface area contributed by atoms with Gasteiger partial charge in [0.25, 0.3) is 0 Å².